The van der Waals surface area contributed by atoms with Crippen molar-refractivity contribution in [2.45, 2.75) is 48.2 Å². The molecule has 74 valence electrons. The smallest absolute Gasteiger partial charge is 0.123 e. The lowest BCUT2D eigenvalue weighted by molar-refractivity contribution is 0.619. The average molecular weight is 252 g/mol. The van der Waals surface area contributed by atoms with Gasteiger partial charge in [-0.15, -0.1) is 11.6 Å². The molecule has 0 saturated heterocycles. The van der Waals surface area contributed by atoms with Gasteiger partial charge in [0.15, 0.2) is 3.79 Å². The van der Waals surface area contributed by atoms with E-state index in [2.05, 4.69) is 6.92 Å². The Labute approximate surface area is 94.5 Å². The van der Waals surface area contributed by atoms with Crippen LogP contribution in [0.5, 0.6) is 0 Å². The predicted molar refractivity (Wildman–Crippen MR) is 58.7 cm³/mol. The summed E-state index contributed by atoms with van der Waals surface area (Å²) in [5, 5.41) is -0.0101. The highest BCUT2D eigenvalue weighted by Gasteiger charge is 2.23. The summed E-state index contributed by atoms with van der Waals surface area (Å²) in [6.07, 6.45) is 4.87. The summed E-state index contributed by atoms with van der Waals surface area (Å²) in [4.78, 5) is 0. The molecule has 0 aliphatic carbocycles. The summed E-state index contributed by atoms with van der Waals surface area (Å²) in [5.41, 5.74) is 0. The number of hydrogen-bond acceptors (Lipinski definition) is 0. The summed E-state index contributed by atoms with van der Waals surface area (Å²) >= 11 is 22.7. The number of rotatable bonds is 5. The zero-order valence-electron chi connectivity index (χ0n) is 7.12. The molecule has 0 N–H and O–H groups in total. The highest BCUT2D eigenvalue weighted by Crippen LogP contribution is 2.34. The normalized spacial score (nSPS) is 14.8. The topological polar surface area (TPSA) is 0 Å². The van der Waals surface area contributed by atoms with Crippen LogP contribution in [-0.2, 0) is 0 Å². The van der Waals surface area contributed by atoms with Gasteiger partial charge in [-0.25, -0.2) is 0 Å². The van der Waals surface area contributed by atoms with Crippen molar-refractivity contribution >= 4 is 46.4 Å². The van der Waals surface area contributed by atoms with Crippen molar-refractivity contribution in [2.75, 3.05) is 0 Å². The molecule has 0 spiro atoms. The third-order valence-corrected chi connectivity index (χ3v) is 2.41. The molecule has 0 aromatic carbocycles. The first-order chi connectivity index (χ1) is 5.45. The molecule has 1 atom stereocenters. The van der Waals surface area contributed by atoms with E-state index in [1.54, 1.807) is 0 Å². The molecule has 0 fully saturated rings. The minimum absolute atomic E-state index is 0.0101. The zero-order chi connectivity index (χ0) is 9.61. The first-order valence-corrected chi connectivity index (χ1v) is 5.73. The van der Waals surface area contributed by atoms with Crippen LogP contribution in [0.2, 0.25) is 0 Å². The van der Waals surface area contributed by atoms with Crippen LogP contribution in [0, 0.1) is 0 Å². The Hall–Kier alpha value is 1.16. The van der Waals surface area contributed by atoms with Gasteiger partial charge in [0.05, 0.1) is 0 Å². The van der Waals surface area contributed by atoms with Crippen LogP contribution in [0.4, 0.5) is 0 Å². The molecule has 0 heterocycles. The van der Waals surface area contributed by atoms with Gasteiger partial charge in [-0.05, 0) is 6.42 Å². The van der Waals surface area contributed by atoms with E-state index in [4.69, 9.17) is 46.4 Å². The van der Waals surface area contributed by atoms with Crippen molar-refractivity contribution in [3.05, 3.63) is 0 Å². The third-order valence-electron chi connectivity index (χ3n) is 1.57. The fraction of sp³-hybridized carbons (Fsp3) is 1.00. The summed E-state index contributed by atoms with van der Waals surface area (Å²) in [6.45, 7) is 2.15. The Morgan fingerprint density at radius 3 is 2.17 bits per heavy atom. The molecular formula is C8H14Cl4. The van der Waals surface area contributed by atoms with Crippen LogP contribution in [0.25, 0.3) is 0 Å². The van der Waals surface area contributed by atoms with Gasteiger partial charge in [0, 0.05) is 11.8 Å². The van der Waals surface area contributed by atoms with Crippen molar-refractivity contribution in [1.82, 2.24) is 0 Å². The van der Waals surface area contributed by atoms with E-state index in [0.717, 1.165) is 12.8 Å². The van der Waals surface area contributed by atoms with E-state index in [0.29, 0.717) is 6.42 Å². The minimum atomic E-state index is -1.20. The Balaban J connectivity index is 3.40. The van der Waals surface area contributed by atoms with Crippen LogP contribution in [0.15, 0.2) is 0 Å². The van der Waals surface area contributed by atoms with E-state index >= 15 is 0 Å². The zero-order valence-corrected chi connectivity index (χ0v) is 10.1. The largest absolute Gasteiger partial charge is 0.192 e. The summed E-state index contributed by atoms with van der Waals surface area (Å²) < 4.78 is -1.20. The highest BCUT2D eigenvalue weighted by atomic mass is 35.6. The van der Waals surface area contributed by atoms with Crippen LogP contribution < -0.4 is 0 Å². The van der Waals surface area contributed by atoms with Gasteiger partial charge in [0.25, 0.3) is 0 Å². The fourth-order valence-electron chi connectivity index (χ4n) is 0.969. The van der Waals surface area contributed by atoms with E-state index in [1.165, 1.54) is 12.8 Å². The van der Waals surface area contributed by atoms with E-state index < -0.39 is 3.79 Å². The van der Waals surface area contributed by atoms with Gasteiger partial charge in [-0.3, -0.25) is 0 Å². The molecule has 0 saturated carbocycles. The van der Waals surface area contributed by atoms with Crippen LogP contribution in [0.3, 0.4) is 0 Å². The molecule has 0 nitrogen and oxygen atoms in total. The lowest BCUT2D eigenvalue weighted by Crippen LogP contribution is -2.11. The van der Waals surface area contributed by atoms with Crippen molar-refractivity contribution in [3.8, 4) is 0 Å². The quantitative estimate of drug-likeness (QED) is 0.480. The first kappa shape index (κ1) is 13.2. The molecule has 0 rings (SSSR count). The van der Waals surface area contributed by atoms with Crippen molar-refractivity contribution < 1.29 is 0 Å². The molecule has 0 aliphatic rings. The maximum atomic E-state index is 5.95. The number of unbranched alkanes of at least 4 members (excludes halogenated alkanes) is 2. The second-order valence-corrected chi connectivity index (χ2v) is 6.05. The molecule has 0 aromatic rings. The summed E-state index contributed by atoms with van der Waals surface area (Å²) in [7, 11) is 0. The Bertz CT molecular complexity index is 108. The Morgan fingerprint density at radius 1 is 1.17 bits per heavy atom. The molecule has 0 unspecified atom stereocenters. The second kappa shape index (κ2) is 6.59. The summed E-state index contributed by atoms with van der Waals surface area (Å²) in [5.74, 6) is 0. The maximum Gasteiger partial charge on any atom is 0.192 e. The average Bonchev–Trinajstić information content (AvgIpc) is 1.84. The molecule has 0 radical (unpaired) electrons. The molecule has 12 heavy (non-hydrogen) atoms. The van der Waals surface area contributed by atoms with E-state index in [-0.39, 0.29) is 5.38 Å². The van der Waals surface area contributed by atoms with Gasteiger partial charge in [-0.2, -0.15) is 0 Å². The Morgan fingerprint density at radius 2 is 1.75 bits per heavy atom. The minimum Gasteiger partial charge on any atom is -0.123 e. The second-order valence-electron chi connectivity index (χ2n) is 2.91. The van der Waals surface area contributed by atoms with Gasteiger partial charge in [0.1, 0.15) is 0 Å². The van der Waals surface area contributed by atoms with Gasteiger partial charge in [0.2, 0.25) is 0 Å². The SMILES string of the molecule is CCCCC[C@@H](Cl)CC(Cl)(Cl)Cl. The highest BCUT2D eigenvalue weighted by molar-refractivity contribution is 6.67. The fourth-order valence-corrected chi connectivity index (χ4v) is 2.15. The maximum absolute atomic E-state index is 5.95. The van der Waals surface area contributed by atoms with E-state index in [9.17, 15) is 0 Å². The molecular weight excluding hydrogens is 238 g/mol. The van der Waals surface area contributed by atoms with Crippen LogP contribution in [0.1, 0.15) is 39.0 Å². The molecule has 0 bridgehead atoms. The van der Waals surface area contributed by atoms with Gasteiger partial charge in [-0.1, -0.05) is 61.0 Å². The van der Waals surface area contributed by atoms with Gasteiger partial charge < -0.3 is 0 Å². The number of hydrogen-bond donors (Lipinski definition) is 0. The first-order valence-electron chi connectivity index (χ1n) is 4.16. The Kier molecular flexibility index (Phi) is 7.23. The van der Waals surface area contributed by atoms with Crippen molar-refractivity contribution in [1.29, 1.82) is 0 Å². The van der Waals surface area contributed by atoms with E-state index in [1.807, 2.05) is 0 Å². The van der Waals surface area contributed by atoms with Crippen LogP contribution in [-0.4, -0.2) is 9.17 Å². The third kappa shape index (κ3) is 9.25. The van der Waals surface area contributed by atoms with Crippen molar-refractivity contribution in [3.63, 3.8) is 0 Å². The predicted octanol–water partition coefficient (Wildman–Crippen LogP) is 4.93. The number of alkyl halides is 4. The number of halogens is 4. The lowest BCUT2D eigenvalue weighted by atomic mass is 10.1. The van der Waals surface area contributed by atoms with Crippen LogP contribution >= 0.6 is 46.4 Å². The monoisotopic (exact) mass is 250 g/mol. The molecule has 0 amide bonds. The molecule has 0 aromatic heterocycles. The molecule has 0 aliphatic heterocycles. The lowest BCUT2D eigenvalue weighted by Gasteiger charge is -2.14. The van der Waals surface area contributed by atoms with Crippen molar-refractivity contribution in [2.24, 2.45) is 0 Å². The standard InChI is InChI=1S/C8H14Cl4/c1-2-3-4-5-7(9)6-8(10,11)12/h7H,2-6H2,1H3/t7-/m1/s1. The molecule has 4 heteroatoms. The summed E-state index contributed by atoms with van der Waals surface area (Å²) in [6, 6.07) is 0. The van der Waals surface area contributed by atoms with Gasteiger partial charge >= 0.3 is 0 Å².